The molecule has 0 unspecified atom stereocenters. The number of anilines is 2. The number of aryl methyl sites for hydroxylation is 1. The van der Waals surface area contributed by atoms with Crippen LogP contribution in [-0.2, 0) is 6.54 Å². The Morgan fingerprint density at radius 3 is 2.24 bits per heavy atom. The van der Waals surface area contributed by atoms with Crippen LogP contribution in [0.4, 0.5) is 15.8 Å². The van der Waals surface area contributed by atoms with E-state index in [-0.39, 0.29) is 5.82 Å². The predicted molar refractivity (Wildman–Crippen MR) is 88.5 cm³/mol. The maximum absolute atomic E-state index is 13.1. The second-order valence-corrected chi connectivity index (χ2v) is 5.14. The van der Waals surface area contributed by atoms with Crippen LogP contribution in [0.15, 0.2) is 42.5 Å². The lowest BCUT2D eigenvalue weighted by atomic mass is 10.1. The normalized spacial score (nSPS) is 10.5. The van der Waals surface area contributed by atoms with Crippen LogP contribution in [0, 0.1) is 12.7 Å². The van der Waals surface area contributed by atoms with Gasteiger partial charge in [0.1, 0.15) is 5.82 Å². The molecule has 0 fully saturated rings. The molecule has 0 saturated carbocycles. The van der Waals surface area contributed by atoms with Gasteiger partial charge >= 0.3 is 0 Å². The zero-order valence-electron chi connectivity index (χ0n) is 13.0. The molecule has 2 aromatic rings. The summed E-state index contributed by atoms with van der Waals surface area (Å²) in [6.07, 6.45) is 0. The van der Waals surface area contributed by atoms with E-state index in [1.54, 1.807) is 6.07 Å². The third kappa shape index (κ3) is 3.97. The lowest BCUT2D eigenvalue weighted by molar-refractivity contribution is 0.625. The highest BCUT2D eigenvalue weighted by atomic mass is 19.1. The number of halogens is 1. The summed E-state index contributed by atoms with van der Waals surface area (Å²) in [4.78, 5) is 2.31. The molecule has 0 aliphatic carbocycles. The van der Waals surface area contributed by atoms with Gasteiger partial charge in [-0.25, -0.2) is 4.39 Å². The number of benzene rings is 2. The molecular formula is C18H23FN2. The van der Waals surface area contributed by atoms with Crippen molar-refractivity contribution in [1.82, 2.24) is 0 Å². The van der Waals surface area contributed by atoms with Crippen molar-refractivity contribution in [3.63, 3.8) is 0 Å². The Kier molecular flexibility index (Phi) is 5.20. The van der Waals surface area contributed by atoms with Crippen molar-refractivity contribution >= 4 is 11.4 Å². The molecule has 2 rings (SSSR count). The van der Waals surface area contributed by atoms with Crippen molar-refractivity contribution in [2.24, 2.45) is 0 Å². The smallest absolute Gasteiger partial charge is 0.123 e. The minimum absolute atomic E-state index is 0.181. The molecule has 0 spiro atoms. The van der Waals surface area contributed by atoms with E-state index in [0.29, 0.717) is 6.54 Å². The van der Waals surface area contributed by atoms with Gasteiger partial charge in [-0.15, -0.1) is 0 Å². The summed E-state index contributed by atoms with van der Waals surface area (Å²) in [6, 6.07) is 13.4. The van der Waals surface area contributed by atoms with Gasteiger partial charge < -0.3 is 10.2 Å². The van der Waals surface area contributed by atoms with E-state index < -0.39 is 0 Å². The van der Waals surface area contributed by atoms with Crippen LogP contribution in [0.5, 0.6) is 0 Å². The van der Waals surface area contributed by atoms with Gasteiger partial charge in [-0.05, 0) is 68.3 Å². The lowest BCUT2D eigenvalue weighted by Crippen LogP contribution is -2.21. The predicted octanol–water partition coefficient (Wildman–Crippen LogP) is 4.59. The Bertz CT molecular complexity index is 574. The SMILES string of the molecule is CCN(CC)c1ccc(NCc2ccc(F)cc2C)cc1. The van der Waals surface area contributed by atoms with Crippen LogP contribution in [0.25, 0.3) is 0 Å². The molecule has 0 atom stereocenters. The standard InChI is InChI=1S/C18H23FN2/c1-4-21(5-2)18-10-8-17(9-11-18)20-13-15-6-7-16(19)12-14(15)3/h6-12,20H,4-5,13H2,1-3H3. The number of nitrogens with zero attached hydrogens (tertiary/aromatic N) is 1. The zero-order valence-corrected chi connectivity index (χ0v) is 13.0. The average Bonchev–Trinajstić information content (AvgIpc) is 2.49. The summed E-state index contributed by atoms with van der Waals surface area (Å²) in [6.45, 7) is 8.98. The number of rotatable bonds is 6. The molecule has 3 heteroatoms. The summed E-state index contributed by atoms with van der Waals surface area (Å²) in [5.41, 5.74) is 4.41. The molecule has 2 aromatic carbocycles. The van der Waals surface area contributed by atoms with E-state index in [4.69, 9.17) is 0 Å². The van der Waals surface area contributed by atoms with Crippen molar-refractivity contribution in [3.05, 3.63) is 59.4 Å². The monoisotopic (exact) mass is 286 g/mol. The number of hydrogen-bond donors (Lipinski definition) is 1. The first kappa shape index (κ1) is 15.4. The van der Waals surface area contributed by atoms with Crippen LogP contribution < -0.4 is 10.2 Å². The minimum atomic E-state index is -0.181. The van der Waals surface area contributed by atoms with Gasteiger partial charge in [-0.2, -0.15) is 0 Å². The van der Waals surface area contributed by atoms with Crippen LogP contribution in [-0.4, -0.2) is 13.1 Å². The summed E-state index contributed by atoms with van der Waals surface area (Å²) in [5.74, 6) is -0.181. The molecule has 21 heavy (non-hydrogen) atoms. The highest BCUT2D eigenvalue weighted by Gasteiger charge is 2.03. The molecule has 0 amide bonds. The highest BCUT2D eigenvalue weighted by Crippen LogP contribution is 2.19. The molecule has 2 nitrogen and oxygen atoms in total. The summed E-state index contributed by atoms with van der Waals surface area (Å²) < 4.78 is 13.1. The summed E-state index contributed by atoms with van der Waals surface area (Å²) in [5, 5.41) is 3.38. The van der Waals surface area contributed by atoms with E-state index in [0.717, 1.165) is 29.9 Å². The Hall–Kier alpha value is -2.03. The Morgan fingerprint density at radius 1 is 1.00 bits per heavy atom. The molecule has 112 valence electrons. The molecule has 0 radical (unpaired) electrons. The second kappa shape index (κ2) is 7.11. The Labute approximate surface area is 126 Å². The van der Waals surface area contributed by atoms with Crippen molar-refractivity contribution < 1.29 is 4.39 Å². The summed E-state index contributed by atoms with van der Waals surface area (Å²) in [7, 11) is 0. The number of hydrogen-bond acceptors (Lipinski definition) is 2. The van der Waals surface area contributed by atoms with E-state index in [1.807, 2.05) is 13.0 Å². The minimum Gasteiger partial charge on any atom is -0.381 e. The van der Waals surface area contributed by atoms with E-state index >= 15 is 0 Å². The fourth-order valence-corrected chi connectivity index (χ4v) is 2.43. The van der Waals surface area contributed by atoms with Gasteiger partial charge in [0.25, 0.3) is 0 Å². The average molecular weight is 286 g/mol. The van der Waals surface area contributed by atoms with E-state index in [2.05, 4.69) is 48.3 Å². The molecule has 0 heterocycles. The Balaban J connectivity index is 2.00. The molecule has 0 aromatic heterocycles. The van der Waals surface area contributed by atoms with Crippen molar-refractivity contribution in [3.8, 4) is 0 Å². The van der Waals surface area contributed by atoms with E-state index in [1.165, 1.54) is 11.8 Å². The highest BCUT2D eigenvalue weighted by molar-refractivity contribution is 5.55. The largest absolute Gasteiger partial charge is 0.381 e. The second-order valence-electron chi connectivity index (χ2n) is 5.14. The first-order valence-electron chi connectivity index (χ1n) is 7.48. The first-order chi connectivity index (χ1) is 10.1. The molecule has 1 N–H and O–H groups in total. The third-order valence-corrected chi connectivity index (χ3v) is 3.78. The van der Waals surface area contributed by atoms with Gasteiger partial charge in [0.2, 0.25) is 0 Å². The fourth-order valence-electron chi connectivity index (χ4n) is 2.43. The first-order valence-corrected chi connectivity index (χ1v) is 7.48. The van der Waals surface area contributed by atoms with E-state index in [9.17, 15) is 4.39 Å². The maximum Gasteiger partial charge on any atom is 0.123 e. The summed E-state index contributed by atoms with van der Waals surface area (Å²) >= 11 is 0. The molecular weight excluding hydrogens is 263 g/mol. The van der Waals surface area contributed by atoms with Gasteiger partial charge in [-0.1, -0.05) is 6.07 Å². The zero-order chi connectivity index (χ0) is 15.2. The fraction of sp³-hybridized carbons (Fsp3) is 0.333. The maximum atomic E-state index is 13.1. The van der Waals surface area contributed by atoms with Crippen LogP contribution in [0.3, 0.4) is 0 Å². The van der Waals surface area contributed by atoms with Crippen molar-refractivity contribution in [1.29, 1.82) is 0 Å². The Morgan fingerprint density at radius 2 is 1.67 bits per heavy atom. The molecule has 0 bridgehead atoms. The van der Waals surface area contributed by atoms with Gasteiger partial charge in [-0.3, -0.25) is 0 Å². The van der Waals surface area contributed by atoms with Crippen molar-refractivity contribution in [2.75, 3.05) is 23.3 Å². The third-order valence-electron chi connectivity index (χ3n) is 3.78. The van der Waals surface area contributed by atoms with Crippen LogP contribution in [0.1, 0.15) is 25.0 Å². The van der Waals surface area contributed by atoms with Gasteiger partial charge in [0.05, 0.1) is 0 Å². The quantitative estimate of drug-likeness (QED) is 0.835. The molecule has 0 saturated heterocycles. The van der Waals surface area contributed by atoms with Crippen LogP contribution in [0.2, 0.25) is 0 Å². The number of nitrogens with one attached hydrogen (secondary N) is 1. The van der Waals surface area contributed by atoms with Crippen LogP contribution >= 0.6 is 0 Å². The molecule has 0 aliphatic rings. The van der Waals surface area contributed by atoms with Gasteiger partial charge in [0.15, 0.2) is 0 Å². The topological polar surface area (TPSA) is 15.3 Å². The van der Waals surface area contributed by atoms with Gasteiger partial charge in [0, 0.05) is 31.0 Å². The lowest BCUT2D eigenvalue weighted by Gasteiger charge is -2.21. The van der Waals surface area contributed by atoms with Crippen molar-refractivity contribution in [2.45, 2.75) is 27.3 Å². The molecule has 0 aliphatic heterocycles.